The Morgan fingerprint density at radius 2 is 1.22 bits per heavy atom. The number of ketones is 1. The van der Waals surface area contributed by atoms with E-state index in [1.54, 1.807) is 16.7 Å². The number of aryl methyl sites for hydroxylation is 4. The number of rotatable bonds is 17. The molecule has 0 radical (unpaired) electrons. The largest absolute Gasteiger partial charge is 0.443 e. The molecule has 2 aliphatic heterocycles. The van der Waals surface area contributed by atoms with Gasteiger partial charge in [-0.05, 0) is 143 Å². The highest BCUT2D eigenvalue weighted by Crippen LogP contribution is 2.29. The molecule has 2 aliphatic rings. The Kier molecular flexibility index (Phi) is 29.5. The van der Waals surface area contributed by atoms with Gasteiger partial charge in [0.15, 0.2) is 0 Å². The van der Waals surface area contributed by atoms with Gasteiger partial charge in [0.25, 0.3) is 0 Å². The first-order chi connectivity index (χ1) is 29.6. The number of carbonyl (C=O) groups is 5. The van der Waals surface area contributed by atoms with E-state index in [0.29, 0.717) is 44.1 Å². The quantitative estimate of drug-likeness (QED) is 0.0879. The number of halogens is 5. The first-order valence-electron chi connectivity index (χ1n) is 22.0. The highest BCUT2D eigenvalue weighted by Gasteiger charge is 2.30. The van der Waals surface area contributed by atoms with Crippen LogP contribution >= 0.6 is 12.4 Å². The van der Waals surface area contributed by atoms with Crippen LogP contribution in [-0.4, -0.2) is 97.3 Å². The van der Waals surface area contributed by atoms with Gasteiger partial charge < -0.3 is 30.1 Å². The number of ether oxygens (including phenoxy) is 2. The minimum atomic E-state index is -2.25. The molecular formula is C46H73ClF4N6O7. The Balaban J connectivity index is 0.000000955. The Morgan fingerprint density at radius 1 is 0.750 bits per heavy atom. The van der Waals surface area contributed by atoms with Gasteiger partial charge in [-0.15, -0.1) is 12.4 Å². The van der Waals surface area contributed by atoms with Gasteiger partial charge in [0, 0.05) is 62.6 Å². The highest BCUT2D eigenvalue weighted by atomic mass is 35.5. The van der Waals surface area contributed by atoms with Crippen LogP contribution in [0, 0.1) is 5.92 Å². The first-order valence-corrected chi connectivity index (χ1v) is 22.0. The number of hydrogen-bond donors (Lipinski definition) is 2. The number of nitrogens with zero attached hydrogens (tertiary/aromatic N) is 4. The lowest BCUT2D eigenvalue weighted by Gasteiger charge is -2.31. The number of amides is 2. The van der Waals surface area contributed by atoms with Crippen LogP contribution < -0.4 is 20.9 Å². The van der Waals surface area contributed by atoms with Gasteiger partial charge in [-0.2, -0.15) is 0 Å². The van der Waals surface area contributed by atoms with E-state index in [2.05, 4.69) is 16.4 Å². The van der Waals surface area contributed by atoms with Crippen molar-refractivity contribution < 1.29 is 51.0 Å². The van der Waals surface area contributed by atoms with Crippen molar-refractivity contribution in [3.63, 3.8) is 0 Å². The lowest BCUT2D eigenvalue weighted by molar-refractivity contribution is -0.122. The van der Waals surface area contributed by atoms with Gasteiger partial charge in [0.1, 0.15) is 41.2 Å². The van der Waals surface area contributed by atoms with Crippen LogP contribution in [0.25, 0.3) is 0 Å². The summed E-state index contributed by atoms with van der Waals surface area (Å²) in [5.74, 6) is 1.41. The standard InChI is InChI=1S/C20H31F2N3O2.C17H24N2O3.C6H10O2.C3H7F2N.ClH/c1-20(2,3)27-19(26)25-14-6-7-15-9-10-16(24-18(15)25)8-4-5-12-23-13-11-17(21)22;1-17(2,3)22-16(21)19-11-6-7-13-9-10-14(18-15(13)19)8-4-5-12-20;1-5(3-4-7)6(2)8;4-3(5)1-2-6;/h9-10,17,23H,4-8,11-14H2,1-3H3;9-10,12H,4-8,11H2,1-3H3;4-5H,3H2,1-2H3;3H,1-2,6H2;1H/t;;5-;;/m..0../s1. The number of nitrogens with two attached hydrogens (primary N) is 1. The number of alkyl halides is 4. The molecule has 13 nitrogen and oxygen atoms in total. The molecule has 0 bridgehead atoms. The lowest BCUT2D eigenvalue weighted by atomic mass is 10.0. The van der Waals surface area contributed by atoms with Crippen LogP contribution in [-0.2, 0) is 49.5 Å². The third-order valence-electron chi connectivity index (χ3n) is 9.28. The zero-order chi connectivity index (χ0) is 47.6. The number of carbonyl (C=O) groups excluding carboxylic acids is 5. The van der Waals surface area contributed by atoms with Crippen LogP contribution in [0.1, 0.15) is 136 Å². The van der Waals surface area contributed by atoms with E-state index in [1.165, 1.54) is 6.92 Å². The molecule has 0 spiro atoms. The molecule has 1 atom stereocenters. The Hall–Kier alpha value is -4.22. The van der Waals surface area contributed by atoms with E-state index in [-0.39, 0.29) is 55.7 Å². The summed E-state index contributed by atoms with van der Waals surface area (Å²) in [6, 6.07) is 8.09. The van der Waals surface area contributed by atoms with Gasteiger partial charge in [0.2, 0.25) is 12.9 Å². The van der Waals surface area contributed by atoms with Crippen LogP contribution in [0.2, 0.25) is 0 Å². The summed E-state index contributed by atoms with van der Waals surface area (Å²) in [5, 5.41) is 3.03. The Bertz CT molecular complexity index is 1690. The average molecular weight is 934 g/mol. The zero-order valence-electron chi connectivity index (χ0n) is 39.1. The van der Waals surface area contributed by atoms with Crippen LogP contribution in [0.4, 0.5) is 38.8 Å². The highest BCUT2D eigenvalue weighted by molar-refractivity contribution is 5.89. The molecule has 0 aliphatic carbocycles. The SMILES string of the molecule is CC(=O)[C@@H](C)CC=O.CC(C)(C)OC(=O)N1CCCc2ccc(CCCC=O)nc21.CC(C)(C)OC(=O)N1CCCc2ccc(CCCCNCCC(F)F)nc21.Cl.NCCC(F)F. The van der Waals surface area contributed by atoms with Gasteiger partial charge in [0.05, 0.1) is 0 Å². The van der Waals surface area contributed by atoms with E-state index in [4.69, 9.17) is 20.2 Å². The molecule has 0 fully saturated rings. The fourth-order valence-electron chi connectivity index (χ4n) is 5.92. The third kappa shape index (κ3) is 25.9. The molecule has 0 aromatic carbocycles. The molecule has 0 saturated heterocycles. The molecule has 64 heavy (non-hydrogen) atoms. The number of aromatic nitrogens is 2. The number of hydrogen-bond acceptors (Lipinski definition) is 11. The molecule has 18 heteroatoms. The topological polar surface area (TPSA) is 174 Å². The maximum absolute atomic E-state index is 12.5. The van der Waals surface area contributed by atoms with Crippen molar-refractivity contribution in [2.45, 2.75) is 163 Å². The van der Waals surface area contributed by atoms with Crippen LogP contribution in [0.5, 0.6) is 0 Å². The van der Waals surface area contributed by atoms with E-state index in [1.807, 2.05) is 59.7 Å². The van der Waals surface area contributed by atoms with E-state index in [0.717, 1.165) is 99.4 Å². The maximum Gasteiger partial charge on any atom is 0.416 e. The lowest BCUT2D eigenvalue weighted by Crippen LogP contribution is -2.40. The van der Waals surface area contributed by atoms with Gasteiger partial charge in [-0.25, -0.2) is 37.1 Å². The average Bonchev–Trinajstić information content (AvgIpc) is 3.19. The fraction of sp³-hybridized carbons (Fsp3) is 0.674. The van der Waals surface area contributed by atoms with E-state index in [9.17, 15) is 41.5 Å². The second-order valence-corrected chi connectivity index (χ2v) is 17.4. The van der Waals surface area contributed by atoms with Gasteiger partial charge in [-0.3, -0.25) is 14.6 Å². The molecule has 4 heterocycles. The minimum absolute atomic E-state index is 0. The molecule has 2 aromatic rings. The summed E-state index contributed by atoms with van der Waals surface area (Å²) < 4.78 is 57.0. The number of unbranched alkanes of at least 4 members (excludes halogenated alkanes) is 2. The van der Waals surface area contributed by atoms with Crippen molar-refractivity contribution in [2.75, 3.05) is 42.5 Å². The molecule has 2 amide bonds. The molecule has 364 valence electrons. The number of Topliss-reactive ketones (excluding diaryl/α,β-unsaturated/α-hetero) is 1. The number of nitrogens with one attached hydrogen (secondary N) is 1. The number of anilines is 2. The predicted octanol–water partition coefficient (Wildman–Crippen LogP) is 9.45. The van der Waals surface area contributed by atoms with E-state index >= 15 is 0 Å². The molecule has 0 unspecified atom stereocenters. The number of fused-ring (bicyclic) bond motifs is 2. The molecule has 3 N–H and O–H groups in total. The summed E-state index contributed by atoms with van der Waals surface area (Å²) in [5.41, 5.74) is 7.70. The van der Waals surface area contributed by atoms with Gasteiger partial charge in [-0.1, -0.05) is 19.1 Å². The second-order valence-electron chi connectivity index (χ2n) is 17.4. The zero-order valence-corrected chi connectivity index (χ0v) is 39.9. The maximum atomic E-state index is 12.5. The smallest absolute Gasteiger partial charge is 0.416 e. The summed E-state index contributed by atoms with van der Waals surface area (Å²) in [4.78, 5) is 68.0. The third-order valence-corrected chi connectivity index (χ3v) is 9.28. The fourth-order valence-corrected chi connectivity index (χ4v) is 5.92. The number of aldehydes is 2. The van der Waals surface area contributed by atoms with Crippen LogP contribution in [0.3, 0.4) is 0 Å². The van der Waals surface area contributed by atoms with Crippen molar-refractivity contribution in [3.8, 4) is 0 Å². The summed E-state index contributed by atoms with van der Waals surface area (Å²) in [6.45, 7) is 16.8. The van der Waals surface area contributed by atoms with Gasteiger partial charge >= 0.3 is 12.2 Å². The van der Waals surface area contributed by atoms with Crippen LogP contribution in [0.15, 0.2) is 24.3 Å². The summed E-state index contributed by atoms with van der Waals surface area (Å²) >= 11 is 0. The Labute approximate surface area is 383 Å². The summed E-state index contributed by atoms with van der Waals surface area (Å²) in [7, 11) is 0. The van der Waals surface area contributed by atoms with Crippen molar-refractivity contribution in [3.05, 3.63) is 46.8 Å². The molecule has 4 rings (SSSR count). The molecular weight excluding hydrogens is 860 g/mol. The summed E-state index contributed by atoms with van der Waals surface area (Å²) in [6.07, 6.45) is 4.93. The normalized spacial score (nSPS) is 13.5. The monoisotopic (exact) mass is 933 g/mol. The Morgan fingerprint density at radius 3 is 1.58 bits per heavy atom. The predicted molar refractivity (Wildman–Crippen MR) is 245 cm³/mol. The first kappa shape index (κ1) is 59.8. The van der Waals surface area contributed by atoms with E-state index < -0.39 is 24.1 Å². The van der Waals surface area contributed by atoms with Crippen molar-refractivity contribution >= 4 is 54.6 Å². The van der Waals surface area contributed by atoms with Crippen molar-refractivity contribution in [1.29, 1.82) is 0 Å². The van der Waals surface area contributed by atoms with Crippen molar-refractivity contribution in [1.82, 2.24) is 15.3 Å². The minimum Gasteiger partial charge on any atom is -0.443 e. The number of pyridine rings is 2. The molecule has 2 aromatic heterocycles. The second kappa shape index (κ2) is 31.6. The van der Waals surface area contributed by atoms with Crippen molar-refractivity contribution in [2.24, 2.45) is 11.7 Å². The molecule has 0 saturated carbocycles.